The molecule has 2 saturated heterocycles. The molecule has 4 nitrogen and oxygen atoms in total. The molecule has 1 amide bonds. The van der Waals surface area contributed by atoms with E-state index in [1.165, 1.54) is 5.56 Å². The van der Waals surface area contributed by atoms with Crippen LogP contribution in [0.3, 0.4) is 0 Å². The van der Waals surface area contributed by atoms with E-state index < -0.39 is 6.10 Å². The standard InChI is InChI=1S/C21H32N2O2/c1-14(2)19-6-5-15(3)11-20(19)25-16(4)21(24)23-9-7-17-12-22-13-18(17)8-10-23/h5-6,11,14,16-18,22H,7-10,12-13H2,1-4H3/t16?,17-,18+. The first kappa shape index (κ1) is 18.2. The molecule has 4 heteroatoms. The Morgan fingerprint density at radius 3 is 2.40 bits per heavy atom. The first-order chi connectivity index (χ1) is 12.0. The van der Waals surface area contributed by atoms with E-state index in [0.717, 1.165) is 62.2 Å². The summed E-state index contributed by atoms with van der Waals surface area (Å²) in [4.78, 5) is 14.9. The molecule has 25 heavy (non-hydrogen) atoms. The molecule has 1 aromatic carbocycles. The highest BCUT2D eigenvalue weighted by molar-refractivity contribution is 5.81. The summed E-state index contributed by atoms with van der Waals surface area (Å²) < 4.78 is 6.13. The van der Waals surface area contributed by atoms with Crippen LogP contribution < -0.4 is 10.1 Å². The van der Waals surface area contributed by atoms with Crippen molar-refractivity contribution in [1.82, 2.24) is 10.2 Å². The second kappa shape index (κ2) is 7.77. The highest BCUT2D eigenvalue weighted by atomic mass is 16.5. The van der Waals surface area contributed by atoms with Gasteiger partial charge in [0.15, 0.2) is 6.10 Å². The maximum Gasteiger partial charge on any atom is 0.263 e. The summed E-state index contributed by atoms with van der Waals surface area (Å²) in [5.74, 6) is 2.83. The van der Waals surface area contributed by atoms with Gasteiger partial charge in [0.2, 0.25) is 0 Å². The Bertz CT molecular complexity index is 600. The minimum Gasteiger partial charge on any atom is -0.481 e. The van der Waals surface area contributed by atoms with E-state index in [0.29, 0.717) is 5.92 Å². The fraction of sp³-hybridized carbons (Fsp3) is 0.667. The summed E-state index contributed by atoms with van der Waals surface area (Å²) in [6, 6.07) is 6.28. The van der Waals surface area contributed by atoms with E-state index in [9.17, 15) is 4.79 Å². The molecule has 2 aliphatic rings. The maximum atomic E-state index is 12.9. The SMILES string of the molecule is Cc1ccc(C(C)C)c(OC(C)C(=O)N2CC[C@@H]3CNC[C@@H]3CC2)c1. The Balaban J connectivity index is 1.66. The topological polar surface area (TPSA) is 41.6 Å². The summed E-state index contributed by atoms with van der Waals surface area (Å²) >= 11 is 0. The van der Waals surface area contributed by atoms with Crippen molar-refractivity contribution in [3.8, 4) is 5.75 Å². The molecule has 138 valence electrons. The van der Waals surface area contributed by atoms with Gasteiger partial charge in [0.25, 0.3) is 5.91 Å². The highest BCUT2D eigenvalue weighted by Gasteiger charge is 2.33. The zero-order valence-electron chi connectivity index (χ0n) is 16.0. The fourth-order valence-electron chi connectivity index (χ4n) is 4.16. The molecule has 0 aromatic heterocycles. The van der Waals surface area contributed by atoms with Gasteiger partial charge in [-0.15, -0.1) is 0 Å². The van der Waals surface area contributed by atoms with Gasteiger partial charge in [0.05, 0.1) is 0 Å². The minimum absolute atomic E-state index is 0.129. The molecule has 0 bridgehead atoms. The van der Waals surface area contributed by atoms with Crippen LogP contribution in [-0.2, 0) is 4.79 Å². The van der Waals surface area contributed by atoms with Gasteiger partial charge >= 0.3 is 0 Å². The number of fused-ring (bicyclic) bond motifs is 1. The molecule has 0 saturated carbocycles. The molecule has 2 fully saturated rings. The number of hydrogen-bond acceptors (Lipinski definition) is 3. The molecule has 2 heterocycles. The van der Waals surface area contributed by atoms with Crippen LogP contribution in [0, 0.1) is 18.8 Å². The lowest BCUT2D eigenvalue weighted by Gasteiger charge is -2.26. The second-order valence-corrected chi connectivity index (χ2v) is 8.04. The van der Waals surface area contributed by atoms with Crippen molar-refractivity contribution < 1.29 is 9.53 Å². The van der Waals surface area contributed by atoms with E-state index in [-0.39, 0.29) is 5.91 Å². The molecule has 1 aromatic rings. The summed E-state index contributed by atoms with van der Waals surface area (Å²) in [5, 5.41) is 3.49. The number of amides is 1. The Labute approximate surface area is 151 Å². The van der Waals surface area contributed by atoms with Crippen LogP contribution in [0.1, 0.15) is 50.7 Å². The smallest absolute Gasteiger partial charge is 0.263 e. The first-order valence-electron chi connectivity index (χ1n) is 9.72. The summed E-state index contributed by atoms with van der Waals surface area (Å²) in [6.07, 6.45) is 1.78. The minimum atomic E-state index is -0.435. The third-order valence-corrected chi connectivity index (χ3v) is 5.77. The average molecular weight is 344 g/mol. The molecule has 0 aliphatic carbocycles. The maximum absolute atomic E-state index is 12.9. The van der Waals surface area contributed by atoms with E-state index in [4.69, 9.17) is 4.74 Å². The number of ether oxygens (including phenoxy) is 1. The average Bonchev–Trinajstić information content (AvgIpc) is 2.92. The Hall–Kier alpha value is -1.55. The number of carbonyl (C=O) groups excluding carboxylic acids is 1. The molecular formula is C21H32N2O2. The highest BCUT2D eigenvalue weighted by Crippen LogP contribution is 2.30. The Morgan fingerprint density at radius 2 is 1.80 bits per heavy atom. The number of likely N-dealkylation sites (tertiary alicyclic amines) is 1. The molecule has 0 spiro atoms. The van der Waals surface area contributed by atoms with Gasteiger partial charge in [0.1, 0.15) is 5.75 Å². The summed E-state index contributed by atoms with van der Waals surface area (Å²) in [6.45, 7) is 12.2. The number of nitrogens with zero attached hydrogens (tertiary/aromatic N) is 1. The Kier molecular flexibility index (Phi) is 5.67. The fourth-order valence-corrected chi connectivity index (χ4v) is 4.16. The van der Waals surface area contributed by atoms with Gasteiger partial charge in [-0.1, -0.05) is 26.0 Å². The van der Waals surface area contributed by atoms with Gasteiger partial charge in [-0.25, -0.2) is 0 Å². The predicted octanol–water partition coefficient (Wildman–Crippen LogP) is 3.34. The van der Waals surface area contributed by atoms with Crippen LogP contribution in [0.25, 0.3) is 0 Å². The molecule has 0 radical (unpaired) electrons. The monoisotopic (exact) mass is 344 g/mol. The van der Waals surface area contributed by atoms with Crippen LogP contribution in [-0.4, -0.2) is 43.1 Å². The van der Waals surface area contributed by atoms with Crippen LogP contribution in [0.5, 0.6) is 5.75 Å². The van der Waals surface area contributed by atoms with Crippen LogP contribution in [0.2, 0.25) is 0 Å². The number of hydrogen-bond donors (Lipinski definition) is 1. The third-order valence-electron chi connectivity index (χ3n) is 5.77. The van der Waals surface area contributed by atoms with Gasteiger partial charge in [-0.3, -0.25) is 4.79 Å². The van der Waals surface area contributed by atoms with Crippen LogP contribution >= 0.6 is 0 Å². The van der Waals surface area contributed by atoms with E-state index in [1.807, 2.05) is 11.8 Å². The van der Waals surface area contributed by atoms with Gasteiger partial charge in [-0.05, 0) is 74.7 Å². The van der Waals surface area contributed by atoms with E-state index in [1.54, 1.807) is 0 Å². The van der Waals surface area contributed by atoms with Crippen molar-refractivity contribution in [1.29, 1.82) is 0 Å². The molecule has 3 atom stereocenters. The predicted molar refractivity (Wildman–Crippen MR) is 101 cm³/mol. The summed E-state index contributed by atoms with van der Waals surface area (Å²) in [7, 11) is 0. The lowest BCUT2D eigenvalue weighted by atomic mass is 9.92. The lowest BCUT2D eigenvalue weighted by molar-refractivity contribution is -0.138. The number of rotatable bonds is 4. The third kappa shape index (κ3) is 4.17. The largest absolute Gasteiger partial charge is 0.481 e. The first-order valence-corrected chi connectivity index (χ1v) is 9.72. The van der Waals surface area contributed by atoms with Crippen molar-refractivity contribution in [2.24, 2.45) is 11.8 Å². The van der Waals surface area contributed by atoms with E-state index in [2.05, 4.69) is 44.3 Å². The van der Waals surface area contributed by atoms with Gasteiger partial charge < -0.3 is 15.0 Å². The summed E-state index contributed by atoms with van der Waals surface area (Å²) in [5.41, 5.74) is 2.33. The molecule has 1 N–H and O–H groups in total. The van der Waals surface area contributed by atoms with Crippen LogP contribution in [0.15, 0.2) is 18.2 Å². The second-order valence-electron chi connectivity index (χ2n) is 8.04. The Morgan fingerprint density at radius 1 is 1.16 bits per heavy atom. The number of benzene rings is 1. The number of aryl methyl sites for hydroxylation is 1. The van der Waals surface area contributed by atoms with Crippen molar-refractivity contribution in [2.75, 3.05) is 26.2 Å². The van der Waals surface area contributed by atoms with Gasteiger partial charge in [-0.2, -0.15) is 0 Å². The van der Waals surface area contributed by atoms with Crippen molar-refractivity contribution >= 4 is 5.91 Å². The lowest BCUT2D eigenvalue weighted by Crippen LogP contribution is -2.41. The zero-order valence-corrected chi connectivity index (χ0v) is 16.0. The molecule has 1 unspecified atom stereocenters. The van der Waals surface area contributed by atoms with Gasteiger partial charge in [0, 0.05) is 13.1 Å². The van der Waals surface area contributed by atoms with Crippen molar-refractivity contribution in [2.45, 2.75) is 52.6 Å². The van der Waals surface area contributed by atoms with E-state index >= 15 is 0 Å². The van der Waals surface area contributed by atoms with Crippen molar-refractivity contribution in [3.05, 3.63) is 29.3 Å². The molecule has 3 rings (SSSR count). The molecular weight excluding hydrogens is 312 g/mol. The number of nitrogens with one attached hydrogen (secondary N) is 1. The number of carbonyl (C=O) groups is 1. The quantitative estimate of drug-likeness (QED) is 0.911. The van der Waals surface area contributed by atoms with Crippen molar-refractivity contribution in [3.63, 3.8) is 0 Å². The molecule has 2 aliphatic heterocycles. The van der Waals surface area contributed by atoms with Crippen LogP contribution in [0.4, 0.5) is 0 Å². The normalized spacial score (nSPS) is 24.8. The zero-order chi connectivity index (χ0) is 18.0.